The van der Waals surface area contributed by atoms with Crippen molar-refractivity contribution in [3.05, 3.63) is 93.1 Å². The minimum Gasteiger partial charge on any atom is -0.493 e. The number of benzene rings is 3. The topological polar surface area (TPSA) is 42.8 Å². The Balaban J connectivity index is 1.44. The van der Waals surface area contributed by atoms with E-state index in [0.717, 1.165) is 33.2 Å². The summed E-state index contributed by atoms with van der Waals surface area (Å²) in [5, 5.41) is 5.52. The largest absolute Gasteiger partial charge is 0.493 e. The predicted octanol–water partition coefficient (Wildman–Crippen LogP) is 5.58. The molecule has 3 aromatic carbocycles. The van der Waals surface area contributed by atoms with Crippen molar-refractivity contribution in [3.63, 3.8) is 0 Å². The van der Waals surface area contributed by atoms with E-state index in [1.807, 2.05) is 30.3 Å². The molecule has 0 saturated heterocycles. The Labute approximate surface area is 182 Å². The molecule has 0 aliphatic carbocycles. The summed E-state index contributed by atoms with van der Waals surface area (Å²) in [4.78, 5) is 0. The number of ether oxygens (including phenoxy) is 2. The van der Waals surface area contributed by atoms with Crippen LogP contribution in [0.25, 0.3) is 0 Å². The van der Waals surface area contributed by atoms with Crippen LogP contribution >= 0.6 is 34.4 Å². The molecular formula is C22H19IN2O2S. The van der Waals surface area contributed by atoms with Crippen molar-refractivity contribution in [2.24, 2.45) is 5.10 Å². The lowest BCUT2D eigenvalue weighted by Gasteiger charge is -2.15. The first-order valence-corrected chi connectivity index (χ1v) is 10.8. The van der Waals surface area contributed by atoms with Gasteiger partial charge in [0.05, 0.1) is 7.11 Å². The smallest absolute Gasteiger partial charge is 0.161 e. The third-order valence-corrected chi connectivity index (χ3v) is 6.21. The maximum atomic E-state index is 5.98. The van der Waals surface area contributed by atoms with Gasteiger partial charge in [-0.25, -0.2) is 0 Å². The lowest BCUT2D eigenvalue weighted by atomic mass is 10.2. The van der Waals surface area contributed by atoms with Crippen molar-refractivity contribution in [3.8, 4) is 11.5 Å². The highest BCUT2D eigenvalue weighted by Crippen LogP contribution is 2.38. The number of nitrogens with zero attached hydrogens (tertiary/aromatic N) is 1. The van der Waals surface area contributed by atoms with Gasteiger partial charge in [0.2, 0.25) is 0 Å². The Morgan fingerprint density at radius 3 is 2.54 bits per heavy atom. The fraction of sp³-hybridized carbons (Fsp3) is 0.136. The van der Waals surface area contributed by atoms with E-state index >= 15 is 0 Å². The number of halogens is 1. The lowest BCUT2D eigenvalue weighted by molar-refractivity contribution is 0.284. The molecule has 6 heteroatoms. The fourth-order valence-electron chi connectivity index (χ4n) is 2.85. The summed E-state index contributed by atoms with van der Waals surface area (Å²) in [5.41, 5.74) is 6.55. The molecule has 1 heterocycles. The van der Waals surface area contributed by atoms with Crippen LogP contribution in [0.5, 0.6) is 11.5 Å². The van der Waals surface area contributed by atoms with Gasteiger partial charge >= 0.3 is 0 Å². The van der Waals surface area contributed by atoms with Gasteiger partial charge in [-0.3, -0.25) is 5.43 Å². The first-order valence-electron chi connectivity index (χ1n) is 8.83. The van der Waals surface area contributed by atoms with Crippen LogP contribution in [0.15, 0.2) is 77.9 Å². The normalized spacial score (nSPS) is 15.6. The number of nitrogens with one attached hydrogen (secondary N) is 1. The van der Waals surface area contributed by atoms with Gasteiger partial charge in [0.1, 0.15) is 17.0 Å². The average molecular weight is 502 g/mol. The van der Waals surface area contributed by atoms with E-state index in [1.165, 1.54) is 3.57 Å². The summed E-state index contributed by atoms with van der Waals surface area (Å²) in [5.74, 6) is 1.45. The number of hydrogen-bond donors (Lipinski definition) is 1. The number of rotatable bonds is 6. The molecule has 1 aliphatic rings. The first kappa shape index (κ1) is 19.1. The van der Waals surface area contributed by atoms with Crippen LogP contribution < -0.4 is 14.9 Å². The highest BCUT2D eigenvalue weighted by Gasteiger charge is 2.23. The van der Waals surface area contributed by atoms with Crippen molar-refractivity contribution < 1.29 is 9.47 Å². The van der Waals surface area contributed by atoms with Crippen LogP contribution in [0, 0.1) is 3.57 Å². The van der Waals surface area contributed by atoms with Gasteiger partial charge in [-0.1, -0.05) is 60.3 Å². The standard InChI is InChI=1S/C22H19IN2O2S/c1-26-20-13-17(22-25-24-21(28-22)16-5-3-2-4-6-16)9-12-19(20)27-14-15-7-10-18(23)11-8-15/h2-13,22,25H,14H2,1H3/t22-/m0/s1. The van der Waals surface area contributed by atoms with Gasteiger partial charge < -0.3 is 9.47 Å². The Hall–Kier alpha value is -2.19. The maximum Gasteiger partial charge on any atom is 0.161 e. The first-order chi connectivity index (χ1) is 13.7. The molecule has 3 aromatic rings. The molecule has 0 aromatic heterocycles. The average Bonchev–Trinajstić information content (AvgIpc) is 3.24. The zero-order valence-corrected chi connectivity index (χ0v) is 18.2. The quantitative estimate of drug-likeness (QED) is 0.448. The molecule has 0 unspecified atom stereocenters. The summed E-state index contributed by atoms with van der Waals surface area (Å²) in [6, 6.07) is 24.5. The molecule has 142 valence electrons. The van der Waals surface area contributed by atoms with Crippen LogP contribution in [0.3, 0.4) is 0 Å². The molecule has 1 N–H and O–H groups in total. The number of thioether (sulfide) groups is 1. The Bertz CT molecular complexity index is 978. The van der Waals surface area contributed by atoms with Crippen LogP contribution in [0.1, 0.15) is 22.1 Å². The zero-order valence-electron chi connectivity index (χ0n) is 15.3. The van der Waals surface area contributed by atoms with Gasteiger partial charge in [0.15, 0.2) is 11.5 Å². The van der Waals surface area contributed by atoms with Crippen LogP contribution in [0.2, 0.25) is 0 Å². The Morgan fingerprint density at radius 2 is 1.79 bits per heavy atom. The van der Waals surface area contributed by atoms with E-state index in [4.69, 9.17) is 9.47 Å². The second-order valence-electron chi connectivity index (χ2n) is 6.24. The molecule has 1 aliphatic heterocycles. The van der Waals surface area contributed by atoms with E-state index in [0.29, 0.717) is 6.61 Å². The molecular weight excluding hydrogens is 483 g/mol. The molecule has 0 bridgehead atoms. The predicted molar refractivity (Wildman–Crippen MR) is 123 cm³/mol. The van der Waals surface area contributed by atoms with Crippen molar-refractivity contribution in [1.29, 1.82) is 0 Å². The number of hydrazone groups is 1. The Kier molecular flexibility index (Phi) is 6.07. The van der Waals surface area contributed by atoms with Gasteiger partial charge in [0.25, 0.3) is 0 Å². The van der Waals surface area contributed by atoms with Crippen LogP contribution in [0.4, 0.5) is 0 Å². The third-order valence-electron chi connectivity index (χ3n) is 4.33. The number of hydrogen-bond acceptors (Lipinski definition) is 5. The molecule has 1 atom stereocenters. The van der Waals surface area contributed by atoms with Crippen LogP contribution in [-0.4, -0.2) is 12.2 Å². The van der Waals surface area contributed by atoms with Crippen molar-refractivity contribution >= 4 is 39.4 Å². The Morgan fingerprint density at radius 1 is 1.00 bits per heavy atom. The summed E-state index contributed by atoms with van der Waals surface area (Å²) < 4.78 is 12.8. The van der Waals surface area contributed by atoms with E-state index < -0.39 is 0 Å². The lowest BCUT2D eigenvalue weighted by Crippen LogP contribution is -2.07. The molecule has 28 heavy (non-hydrogen) atoms. The van der Waals surface area contributed by atoms with Crippen molar-refractivity contribution in [1.82, 2.24) is 5.43 Å². The van der Waals surface area contributed by atoms with Gasteiger partial charge in [-0.15, -0.1) is 0 Å². The summed E-state index contributed by atoms with van der Waals surface area (Å²) >= 11 is 3.99. The fourth-order valence-corrected chi connectivity index (χ4v) is 4.19. The van der Waals surface area contributed by atoms with Gasteiger partial charge in [-0.2, -0.15) is 5.10 Å². The second kappa shape index (κ2) is 8.87. The second-order valence-corrected chi connectivity index (χ2v) is 8.57. The van der Waals surface area contributed by atoms with E-state index in [9.17, 15) is 0 Å². The summed E-state index contributed by atoms with van der Waals surface area (Å²) in [6.07, 6.45) is 0. The molecule has 0 fully saturated rings. The molecule has 0 radical (unpaired) electrons. The molecule has 0 spiro atoms. The summed E-state index contributed by atoms with van der Waals surface area (Å²) in [7, 11) is 1.66. The SMILES string of the molecule is COc1cc([C@H]2NN=C(c3ccccc3)S2)ccc1OCc1ccc(I)cc1. The number of methoxy groups -OCH3 is 1. The van der Waals surface area contributed by atoms with E-state index in [2.05, 4.69) is 75.6 Å². The maximum absolute atomic E-state index is 5.98. The van der Waals surface area contributed by atoms with E-state index in [1.54, 1.807) is 18.9 Å². The molecule has 4 nitrogen and oxygen atoms in total. The highest BCUT2D eigenvalue weighted by atomic mass is 127. The zero-order chi connectivity index (χ0) is 19.3. The molecule has 0 saturated carbocycles. The highest BCUT2D eigenvalue weighted by molar-refractivity contribution is 14.1. The van der Waals surface area contributed by atoms with Gasteiger partial charge in [0, 0.05) is 9.13 Å². The van der Waals surface area contributed by atoms with Gasteiger partial charge in [-0.05, 0) is 58.0 Å². The summed E-state index contributed by atoms with van der Waals surface area (Å²) in [6.45, 7) is 0.504. The molecule has 4 rings (SSSR count). The van der Waals surface area contributed by atoms with E-state index in [-0.39, 0.29) is 5.37 Å². The van der Waals surface area contributed by atoms with Crippen molar-refractivity contribution in [2.75, 3.05) is 7.11 Å². The minimum atomic E-state index is 0.0503. The van der Waals surface area contributed by atoms with Crippen molar-refractivity contribution in [2.45, 2.75) is 12.0 Å². The third kappa shape index (κ3) is 4.44. The molecule has 0 amide bonds. The monoisotopic (exact) mass is 502 g/mol. The van der Waals surface area contributed by atoms with Crippen LogP contribution in [-0.2, 0) is 6.61 Å². The minimum absolute atomic E-state index is 0.0503.